The summed E-state index contributed by atoms with van der Waals surface area (Å²) in [5.41, 5.74) is -2.81. The number of aromatic amines is 1. The third kappa shape index (κ3) is 5.72. The zero-order valence-electron chi connectivity index (χ0n) is 11.7. The Hall–Kier alpha value is -2.10. The molecule has 0 fully saturated rings. The van der Waals surface area contributed by atoms with E-state index in [-0.39, 0.29) is 32.2 Å². The molecule has 7 nitrogen and oxygen atoms in total. The first-order chi connectivity index (χ1) is 10.4. The molecule has 1 heterocycles. The van der Waals surface area contributed by atoms with Gasteiger partial charge in [0.1, 0.15) is 6.61 Å². The second kappa shape index (κ2) is 8.37. The van der Waals surface area contributed by atoms with Crippen molar-refractivity contribution >= 4 is 5.97 Å². The zero-order chi connectivity index (χ0) is 16.6. The molecule has 1 rings (SSSR count). The molecule has 0 radical (unpaired) electrons. The number of carbonyl (C=O) groups excluding carboxylic acids is 1. The largest absolute Gasteiger partial charge is 0.489 e. The normalized spacial score (nSPS) is 11.3. The number of carbonyl (C=O) groups is 1. The third-order valence-corrected chi connectivity index (χ3v) is 2.49. The van der Waals surface area contributed by atoms with Crippen molar-refractivity contribution in [3.05, 3.63) is 22.1 Å². The molecule has 0 unspecified atom stereocenters. The first-order valence-corrected chi connectivity index (χ1v) is 6.28. The van der Waals surface area contributed by atoms with E-state index in [2.05, 4.69) is 9.84 Å². The molecule has 10 heteroatoms. The van der Waals surface area contributed by atoms with Gasteiger partial charge in [-0.1, -0.05) is 0 Å². The molecule has 0 saturated heterocycles. The van der Waals surface area contributed by atoms with E-state index in [4.69, 9.17) is 9.47 Å². The maximum absolute atomic E-state index is 12.7. The van der Waals surface area contributed by atoms with Crippen molar-refractivity contribution in [1.29, 1.82) is 0 Å². The van der Waals surface area contributed by atoms with Crippen LogP contribution in [0.5, 0.6) is 5.75 Å². The molecule has 0 saturated carbocycles. The number of ether oxygens (including phenoxy) is 3. The van der Waals surface area contributed by atoms with E-state index < -0.39 is 23.0 Å². The zero-order valence-corrected chi connectivity index (χ0v) is 11.7. The monoisotopic (exact) mass is 324 g/mol. The fourth-order valence-corrected chi connectivity index (χ4v) is 1.49. The van der Waals surface area contributed by atoms with Gasteiger partial charge in [0.05, 0.1) is 19.9 Å². The Bertz CT molecular complexity index is 544. The molecule has 0 bridgehead atoms. The number of nitrogens with one attached hydrogen (secondary N) is 1. The summed E-state index contributed by atoms with van der Waals surface area (Å²) in [6.07, 6.45) is -3.45. The van der Waals surface area contributed by atoms with Crippen molar-refractivity contribution < 1.29 is 32.2 Å². The van der Waals surface area contributed by atoms with Gasteiger partial charge >= 0.3 is 12.1 Å². The molecule has 0 atom stereocenters. The number of hydrogen-bond acceptors (Lipinski definition) is 6. The SMILES string of the molecule is COC(=O)CCCOCCOc1cn[nH]c(=O)c1C(F)(F)F. The summed E-state index contributed by atoms with van der Waals surface area (Å²) >= 11 is 0. The summed E-state index contributed by atoms with van der Waals surface area (Å²) in [6.45, 7) is 0.0515. The topological polar surface area (TPSA) is 90.5 Å². The van der Waals surface area contributed by atoms with Gasteiger partial charge in [-0.2, -0.15) is 18.3 Å². The van der Waals surface area contributed by atoms with Crippen LogP contribution < -0.4 is 10.3 Å². The quantitative estimate of drug-likeness (QED) is 0.569. The summed E-state index contributed by atoms with van der Waals surface area (Å²) in [5, 5.41) is 4.96. The maximum atomic E-state index is 12.7. The van der Waals surface area contributed by atoms with Crippen LogP contribution in [0.2, 0.25) is 0 Å². The van der Waals surface area contributed by atoms with Gasteiger partial charge in [0.15, 0.2) is 11.3 Å². The molecule has 1 aromatic heterocycles. The molecular weight excluding hydrogens is 309 g/mol. The molecule has 22 heavy (non-hydrogen) atoms. The van der Waals surface area contributed by atoms with Gasteiger partial charge in [0.25, 0.3) is 5.56 Å². The molecule has 1 N–H and O–H groups in total. The van der Waals surface area contributed by atoms with Crippen molar-refractivity contribution in [1.82, 2.24) is 10.2 Å². The lowest BCUT2D eigenvalue weighted by Gasteiger charge is -2.12. The minimum absolute atomic E-state index is 0.00523. The Morgan fingerprint density at radius 3 is 2.68 bits per heavy atom. The van der Waals surface area contributed by atoms with Gasteiger partial charge in [0, 0.05) is 13.0 Å². The Balaban J connectivity index is 2.39. The first-order valence-electron chi connectivity index (χ1n) is 6.28. The Morgan fingerprint density at radius 1 is 1.32 bits per heavy atom. The predicted molar refractivity (Wildman–Crippen MR) is 67.4 cm³/mol. The molecular formula is C12H15F3N2O5. The number of alkyl halides is 3. The van der Waals surface area contributed by atoms with Crippen LogP contribution in [0.1, 0.15) is 18.4 Å². The van der Waals surface area contributed by atoms with Crippen LogP contribution in [0.3, 0.4) is 0 Å². The summed E-state index contributed by atoms with van der Waals surface area (Å²) in [7, 11) is 1.27. The van der Waals surface area contributed by atoms with Gasteiger partial charge in [-0.3, -0.25) is 9.59 Å². The van der Waals surface area contributed by atoms with Crippen LogP contribution in [0, 0.1) is 0 Å². The molecule has 0 aliphatic heterocycles. The second-order valence-electron chi connectivity index (χ2n) is 4.08. The summed E-state index contributed by atoms with van der Waals surface area (Å²) in [6, 6.07) is 0. The fraction of sp³-hybridized carbons (Fsp3) is 0.583. The lowest BCUT2D eigenvalue weighted by molar-refractivity contribution is -0.141. The Kier molecular flexibility index (Phi) is 6.83. The van der Waals surface area contributed by atoms with Crippen LogP contribution in [0.15, 0.2) is 11.0 Å². The number of aromatic nitrogens is 2. The van der Waals surface area contributed by atoms with E-state index >= 15 is 0 Å². The van der Waals surface area contributed by atoms with Crippen molar-refractivity contribution in [3.8, 4) is 5.75 Å². The fourth-order valence-electron chi connectivity index (χ4n) is 1.49. The highest BCUT2D eigenvalue weighted by molar-refractivity contribution is 5.68. The number of rotatable bonds is 8. The van der Waals surface area contributed by atoms with Crippen molar-refractivity contribution in [3.63, 3.8) is 0 Å². The van der Waals surface area contributed by atoms with E-state index in [0.29, 0.717) is 6.42 Å². The third-order valence-electron chi connectivity index (χ3n) is 2.49. The molecule has 124 valence electrons. The average Bonchev–Trinajstić information content (AvgIpc) is 2.44. The van der Waals surface area contributed by atoms with Crippen molar-refractivity contribution in [2.24, 2.45) is 0 Å². The van der Waals surface area contributed by atoms with E-state index in [1.54, 1.807) is 5.10 Å². The van der Waals surface area contributed by atoms with Crippen LogP contribution in [-0.4, -0.2) is 43.1 Å². The van der Waals surface area contributed by atoms with E-state index in [1.807, 2.05) is 0 Å². The summed E-state index contributed by atoms with van der Waals surface area (Å²) < 4.78 is 52.5. The minimum Gasteiger partial charge on any atom is -0.489 e. The molecule has 1 aromatic rings. The van der Waals surface area contributed by atoms with Crippen LogP contribution >= 0.6 is 0 Å². The Labute approximate surface area is 123 Å². The standard InChI is InChI=1S/C12H15F3N2O5/c1-20-9(18)3-2-4-21-5-6-22-8-7-16-17-11(19)10(8)12(13,14)15/h7H,2-6H2,1H3,(H,17,19). The lowest BCUT2D eigenvalue weighted by atomic mass is 10.3. The van der Waals surface area contributed by atoms with Gasteiger partial charge in [0.2, 0.25) is 0 Å². The van der Waals surface area contributed by atoms with Gasteiger partial charge < -0.3 is 14.2 Å². The number of halogens is 3. The van der Waals surface area contributed by atoms with Crippen molar-refractivity contribution in [2.75, 3.05) is 26.9 Å². The maximum Gasteiger partial charge on any atom is 0.425 e. The molecule has 0 aromatic carbocycles. The number of H-pyrrole nitrogens is 1. The molecule has 0 amide bonds. The molecule has 0 aliphatic rings. The highest BCUT2D eigenvalue weighted by atomic mass is 19.4. The number of esters is 1. The number of nitrogens with zero attached hydrogens (tertiary/aromatic N) is 1. The molecule has 0 spiro atoms. The highest BCUT2D eigenvalue weighted by Crippen LogP contribution is 2.32. The van der Waals surface area contributed by atoms with Crippen molar-refractivity contribution in [2.45, 2.75) is 19.0 Å². The summed E-state index contributed by atoms with van der Waals surface area (Å²) in [4.78, 5) is 22.0. The lowest BCUT2D eigenvalue weighted by Crippen LogP contribution is -2.24. The van der Waals surface area contributed by atoms with Crippen LogP contribution in [-0.2, 0) is 20.4 Å². The van der Waals surface area contributed by atoms with Crippen LogP contribution in [0.4, 0.5) is 13.2 Å². The smallest absolute Gasteiger partial charge is 0.425 e. The molecule has 0 aliphatic carbocycles. The second-order valence-corrected chi connectivity index (χ2v) is 4.08. The number of methoxy groups -OCH3 is 1. The van der Waals surface area contributed by atoms with E-state index in [1.165, 1.54) is 7.11 Å². The minimum atomic E-state index is -4.84. The van der Waals surface area contributed by atoms with Gasteiger partial charge in [-0.15, -0.1) is 0 Å². The van der Waals surface area contributed by atoms with Crippen LogP contribution in [0.25, 0.3) is 0 Å². The predicted octanol–water partition coefficient (Wildman–Crippen LogP) is 1.14. The van der Waals surface area contributed by atoms with E-state index in [0.717, 1.165) is 6.20 Å². The first kappa shape index (κ1) is 18.0. The highest BCUT2D eigenvalue weighted by Gasteiger charge is 2.38. The summed E-state index contributed by atoms with van der Waals surface area (Å²) in [5.74, 6) is -1.03. The van der Waals surface area contributed by atoms with Gasteiger partial charge in [-0.05, 0) is 6.42 Å². The Morgan fingerprint density at radius 2 is 2.05 bits per heavy atom. The van der Waals surface area contributed by atoms with E-state index in [9.17, 15) is 22.8 Å². The van der Waals surface area contributed by atoms with Gasteiger partial charge in [-0.25, -0.2) is 5.10 Å². The average molecular weight is 324 g/mol. The number of hydrogen-bond donors (Lipinski definition) is 1.